The van der Waals surface area contributed by atoms with Crippen molar-refractivity contribution in [1.82, 2.24) is 0 Å². The average molecular weight is 359 g/mol. The predicted molar refractivity (Wildman–Crippen MR) is 68.9 cm³/mol. The lowest BCUT2D eigenvalue weighted by molar-refractivity contribution is -0.465. The van der Waals surface area contributed by atoms with E-state index in [0.29, 0.717) is 0 Å². The van der Waals surface area contributed by atoms with Crippen molar-refractivity contribution in [3.8, 4) is 0 Å². The Bertz CT molecular complexity index is 80.9. The minimum atomic E-state index is -0.0988. The molecule has 0 bridgehead atoms. The van der Waals surface area contributed by atoms with Crippen molar-refractivity contribution >= 4 is 83.6 Å². The average Bonchev–Trinajstić information content (AvgIpc) is 1.68. The molecule has 0 heterocycles. The maximum Gasteiger partial charge on any atom is 0.136 e. The molecule has 4 nitrogen and oxygen atoms in total. The van der Waals surface area contributed by atoms with E-state index in [9.17, 15) is 0 Å². The van der Waals surface area contributed by atoms with Crippen molar-refractivity contribution in [1.29, 1.82) is 0 Å². The highest BCUT2D eigenvalue weighted by Crippen LogP contribution is 2.20. The number of halogens is 7. The number of hydrogen-bond donors (Lipinski definition) is 2. The first-order chi connectivity index (χ1) is 4.06. The fraction of sp³-hybridized carbons (Fsp3) is 0.333. The fourth-order valence-corrected chi connectivity index (χ4v) is 0. The van der Waals surface area contributed by atoms with Crippen molar-refractivity contribution in [3.63, 3.8) is 0 Å². The van der Waals surface area contributed by atoms with E-state index in [4.69, 9.17) is 56.9 Å². The van der Waals surface area contributed by atoms with Crippen LogP contribution in [0.25, 0.3) is 0 Å². The van der Waals surface area contributed by atoms with Crippen LogP contribution in [0.1, 0.15) is 7.43 Å². The minimum Gasteiger partial charge on any atom is -0.412 e. The van der Waals surface area contributed by atoms with Crippen LogP contribution in [0.3, 0.4) is 0 Å². The quantitative estimate of drug-likeness (QED) is 0.505. The zero-order chi connectivity index (χ0) is 7.86. The second kappa shape index (κ2) is 36.5. The predicted octanol–water partition coefficient (Wildman–Crippen LogP) is 4.09. The van der Waals surface area contributed by atoms with Gasteiger partial charge in [-0.2, -0.15) is 0 Å². The summed E-state index contributed by atoms with van der Waals surface area (Å²) in [5.41, 5.74) is 0. The van der Waals surface area contributed by atoms with Gasteiger partial charge in [0.15, 0.2) is 0 Å². The van der Waals surface area contributed by atoms with E-state index in [2.05, 4.69) is 5.04 Å². The molecule has 0 aliphatic rings. The summed E-state index contributed by atoms with van der Waals surface area (Å²) in [6.45, 7) is 0. The summed E-state index contributed by atoms with van der Waals surface area (Å²) >= 11 is 20.0. The van der Waals surface area contributed by atoms with Crippen molar-refractivity contribution in [2.45, 2.75) is 7.43 Å². The van der Waals surface area contributed by atoms with Crippen molar-refractivity contribution in [2.75, 3.05) is 0 Å². The van der Waals surface area contributed by atoms with Gasteiger partial charge < -0.3 is 5.48 Å². The lowest BCUT2D eigenvalue weighted by atomic mass is 11.2. The molecule has 0 unspecified atom stereocenters. The zero-order valence-corrected chi connectivity index (χ0v) is 11.0. The van der Waals surface area contributed by atoms with E-state index >= 15 is 0 Å². The highest BCUT2D eigenvalue weighted by Gasteiger charge is 1.88. The Hall–Kier alpha value is 1.61. The van der Waals surface area contributed by atoms with E-state index < -0.39 is 0 Å². The van der Waals surface area contributed by atoms with E-state index in [1.165, 1.54) is 0 Å². The summed E-state index contributed by atoms with van der Waals surface area (Å²) in [6, 6.07) is 0. The van der Waals surface area contributed by atoms with Crippen LogP contribution in [-0.2, 0) is 5.04 Å². The molecular formula is C3H11Cl7O4. The van der Waals surface area contributed by atoms with Gasteiger partial charge >= 0.3 is 0 Å². The van der Waals surface area contributed by atoms with Gasteiger partial charge in [-0.3, -0.25) is 0 Å². The van der Waals surface area contributed by atoms with Gasteiger partial charge in [-0.05, 0) is 0 Å². The summed E-state index contributed by atoms with van der Waals surface area (Å²) in [7, 11) is 0. The molecule has 0 saturated heterocycles. The normalized spacial score (nSPS) is 4.71. The summed E-state index contributed by atoms with van der Waals surface area (Å²) < 4.78 is -0.198. The molecule has 0 spiro atoms. The molecular weight excluding hydrogens is 348 g/mol. The minimum absolute atomic E-state index is 0. The maximum absolute atomic E-state index is 6.62. The summed E-state index contributed by atoms with van der Waals surface area (Å²) in [4.78, 5) is 0. The molecule has 0 saturated carbocycles. The van der Waals surface area contributed by atoms with Crippen molar-refractivity contribution in [2.24, 2.45) is 0 Å². The van der Waals surface area contributed by atoms with Gasteiger partial charge in [0.2, 0.25) is 0 Å². The van der Waals surface area contributed by atoms with Gasteiger partial charge in [0.25, 0.3) is 0 Å². The fourth-order valence-electron chi connectivity index (χ4n) is 0. The molecule has 0 aromatic carbocycles. The van der Waals surface area contributed by atoms with Crippen LogP contribution in [0, 0.1) is 0 Å². The van der Waals surface area contributed by atoms with E-state index in [0.717, 1.165) is 0 Å². The third-order valence-electron chi connectivity index (χ3n) is 0.143. The first-order valence-corrected chi connectivity index (χ1v) is 2.88. The second-order valence-electron chi connectivity index (χ2n) is 0.602. The lowest BCUT2D eigenvalue weighted by Crippen LogP contribution is -1.60. The van der Waals surface area contributed by atoms with Crippen LogP contribution in [0.15, 0.2) is 8.98 Å². The Kier molecular flexibility index (Phi) is 117. The van der Waals surface area contributed by atoms with Crippen molar-refractivity contribution in [3.05, 3.63) is 8.98 Å². The molecule has 0 radical (unpaired) electrons. The molecule has 96 valence electrons. The van der Waals surface area contributed by atoms with E-state index in [1.807, 2.05) is 0 Å². The molecule has 0 atom stereocenters. The summed E-state index contributed by atoms with van der Waals surface area (Å²) in [5, 5.41) is 15.5. The molecule has 0 aromatic rings. The van der Waals surface area contributed by atoms with Crippen LogP contribution in [0.4, 0.5) is 0 Å². The van der Waals surface area contributed by atoms with Crippen LogP contribution in [-0.4, -0.2) is 16.0 Å². The van der Waals surface area contributed by atoms with Crippen LogP contribution in [0.5, 0.6) is 0 Å². The summed E-state index contributed by atoms with van der Waals surface area (Å²) in [6.07, 6.45) is 0. The molecule has 0 aliphatic carbocycles. The van der Waals surface area contributed by atoms with Gasteiger partial charge in [0.05, 0.1) is 0 Å². The van der Waals surface area contributed by atoms with Crippen LogP contribution >= 0.6 is 83.6 Å². The zero-order valence-electron chi connectivity index (χ0n) is 5.54. The molecule has 4 N–H and O–H groups in total. The van der Waals surface area contributed by atoms with Crippen LogP contribution < -0.4 is 0 Å². The third kappa shape index (κ3) is 68.8. The van der Waals surface area contributed by atoms with E-state index in [-0.39, 0.29) is 59.1 Å². The first-order valence-electron chi connectivity index (χ1n) is 1.37. The Morgan fingerprint density at radius 3 is 0.857 bits per heavy atom. The molecule has 14 heavy (non-hydrogen) atoms. The SMILES string of the molecule is C.Cl.Cl.Cl.ClC(Cl)=C(Cl)Cl.O.OOO. The second-order valence-corrected chi connectivity index (χ2v) is 2.50. The monoisotopic (exact) mass is 356 g/mol. The molecule has 0 aliphatic heterocycles. The van der Waals surface area contributed by atoms with Crippen LogP contribution in [0.2, 0.25) is 0 Å². The lowest BCUT2D eigenvalue weighted by Gasteiger charge is -1.75. The topological polar surface area (TPSA) is 81.2 Å². The molecule has 0 fully saturated rings. The first kappa shape index (κ1) is 44.9. The molecule has 11 heteroatoms. The van der Waals surface area contributed by atoms with Gasteiger partial charge in [0, 0.05) is 0 Å². The highest BCUT2D eigenvalue weighted by atomic mass is 35.5. The standard InChI is InChI=1S/C2Cl4.CH4.3ClH.H2O3.H2O/c3-1(4)2(5)6;;;;;1-3-2;/h;1H4;3*1H;1-2H;1H2. The molecule has 0 amide bonds. The maximum atomic E-state index is 6.62. The van der Waals surface area contributed by atoms with Gasteiger partial charge in [-0.25, -0.2) is 10.5 Å². The molecule has 0 aromatic heterocycles. The number of rotatable bonds is 0. The van der Waals surface area contributed by atoms with Gasteiger partial charge in [0.1, 0.15) is 8.98 Å². The Morgan fingerprint density at radius 1 is 0.786 bits per heavy atom. The Labute approximate surface area is 121 Å². The highest BCUT2D eigenvalue weighted by molar-refractivity contribution is 6.67. The smallest absolute Gasteiger partial charge is 0.136 e. The molecule has 0 rings (SSSR count). The van der Waals surface area contributed by atoms with Gasteiger partial charge in [-0.15, -0.1) is 37.2 Å². The Morgan fingerprint density at radius 2 is 0.857 bits per heavy atom. The van der Waals surface area contributed by atoms with Gasteiger partial charge in [-0.1, -0.05) is 58.9 Å². The third-order valence-corrected chi connectivity index (χ3v) is 1.29. The Balaban J connectivity index is -0.0000000113. The van der Waals surface area contributed by atoms with E-state index in [1.54, 1.807) is 0 Å². The number of hydrogen-bond acceptors (Lipinski definition) is 3. The summed E-state index contributed by atoms with van der Waals surface area (Å²) in [5.74, 6) is 0. The van der Waals surface area contributed by atoms with Crippen molar-refractivity contribution < 1.29 is 21.0 Å². The largest absolute Gasteiger partial charge is 0.412 e.